The number of carboxylic acid groups (broad SMARTS) is 1. The predicted molar refractivity (Wildman–Crippen MR) is 345 cm³/mol. The van der Waals surface area contributed by atoms with Crippen LogP contribution in [0.2, 0.25) is 0 Å². The molecule has 4 saturated carbocycles. The van der Waals surface area contributed by atoms with Gasteiger partial charge in [0, 0.05) is 96.2 Å². The number of piperidine rings is 5. The maximum Gasteiger partial charge on any atom is 0.335 e. The Morgan fingerprint density at radius 1 is 0.425 bits per heavy atom. The Morgan fingerprint density at radius 2 is 0.736 bits per heavy atom. The Balaban J connectivity index is 0.000000130. The van der Waals surface area contributed by atoms with Crippen LogP contribution in [0.5, 0.6) is 17.2 Å². The van der Waals surface area contributed by atoms with Crippen molar-refractivity contribution in [2.45, 2.75) is 195 Å². The molecule has 4 aromatic carbocycles. The molecule has 2 amide bonds. The third-order valence-electron chi connectivity index (χ3n) is 19.4. The summed E-state index contributed by atoms with van der Waals surface area (Å²) in [6.45, 7) is 11.0. The largest absolute Gasteiger partial charge is 0.490 e. The van der Waals surface area contributed by atoms with Gasteiger partial charge in [0.2, 0.25) is 5.91 Å². The van der Waals surface area contributed by atoms with Gasteiger partial charge in [0.05, 0.1) is 16.6 Å². The molecule has 0 aromatic heterocycles. The highest BCUT2D eigenvalue weighted by molar-refractivity contribution is 9.10. The van der Waals surface area contributed by atoms with E-state index in [-0.39, 0.29) is 34.8 Å². The van der Waals surface area contributed by atoms with E-state index >= 15 is 0 Å². The van der Waals surface area contributed by atoms with Gasteiger partial charge < -0.3 is 49.6 Å². The number of nitrogens with zero attached hydrogens (tertiary/aromatic N) is 5. The molecule has 0 atom stereocenters. The predicted octanol–water partition coefficient (Wildman–Crippen LogP) is 12.2. The number of hydrogen-bond donors (Lipinski definition) is 2. The number of benzene rings is 4. The highest BCUT2D eigenvalue weighted by atomic mass is 79.9. The number of likely N-dealkylation sites (tertiary alicyclic amines) is 5. The van der Waals surface area contributed by atoms with Crippen molar-refractivity contribution >= 4 is 59.8 Å². The van der Waals surface area contributed by atoms with Crippen molar-refractivity contribution in [1.82, 2.24) is 24.5 Å². The first kappa shape index (κ1) is 65.4. The smallest absolute Gasteiger partial charge is 0.335 e. The van der Waals surface area contributed by atoms with Crippen molar-refractivity contribution in [3.8, 4) is 17.2 Å². The summed E-state index contributed by atoms with van der Waals surface area (Å²) in [7, 11) is -3.63. The van der Waals surface area contributed by atoms with E-state index in [2.05, 4.69) is 51.5 Å². The topological polar surface area (TPSA) is 185 Å². The van der Waals surface area contributed by atoms with Crippen LogP contribution >= 0.6 is 31.9 Å². The molecule has 0 spiro atoms. The number of hydrogen-bond acceptors (Lipinski definition) is 13. The Hall–Kier alpha value is -4.60. The molecule has 0 bridgehead atoms. The standard InChI is InChI=1S/C22H31N3O3.C16H21NO3.C15H20BrNO3S.C15H20BrNO/c23-21(26)16-8-12-25(13-9-16)22(27)17-4-6-19(7-5-17)28-20-14-18(15-20)24-10-2-1-3-11-24;18-16(19)12-4-6-14(7-5-12)20-15-10-13(11-15)17-8-2-1-3-9-17;16-12-4-6-15(7-5-12)21(18,19)20-14-10-13(11-14)17-8-2-1-3-9-17;16-12-4-6-14(7-5-12)18-15-10-13(11-15)17-8-2-1-3-9-17/h4-7,16,18,20H,1-3,8-15H2,(H2,23,26);4-7,13,15H,1-3,8-11H2,(H,18,19);4-7,13-14H,1-3,8-11H2;4-7,13,15H,1-3,8-11H2. The number of primary amides is 1. The fraction of sp³-hybridized carbons (Fsp3) is 0.603. The van der Waals surface area contributed by atoms with Crippen molar-refractivity contribution in [3.05, 3.63) is 117 Å². The van der Waals surface area contributed by atoms with Crippen LogP contribution in [-0.4, -0.2) is 170 Å². The Kier molecular flexibility index (Phi) is 24.0. The van der Waals surface area contributed by atoms with E-state index in [9.17, 15) is 22.8 Å². The molecule has 9 aliphatic rings. The first-order valence-electron chi connectivity index (χ1n) is 32.6. The molecule has 4 aromatic rings. The minimum atomic E-state index is -3.63. The number of nitrogens with two attached hydrogens (primary N) is 1. The lowest BCUT2D eigenvalue weighted by Crippen LogP contribution is -2.50. The van der Waals surface area contributed by atoms with Gasteiger partial charge in [-0.25, -0.2) is 4.79 Å². The second kappa shape index (κ2) is 31.9. The second-order valence-electron chi connectivity index (χ2n) is 25.5. The van der Waals surface area contributed by atoms with Crippen LogP contribution in [0.3, 0.4) is 0 Å². The Bertz CT molecular complexity index is 2890. The van der Waals surface area contributed by atoms with E-state index in [1.807, 2.05) is 53.4 Å². The van der Waals surface area contributed by atoms with Gasteiger partial charge in [-0.2, -0.15) is 8.42 Å². The number of ether oxygens (including phenoxy) is 3. The van der Waals surface area contributed by atoms with Gasteiger partial charge in [-0.3, -0.25) is 13.8 Å². The summed E-state index contributed by atoms with van der Waals surface area (Å²) in [4.78, 5) is 47.1. The number of aromatic carboxylic acids is 1. The van der Waals surface area contributed by atoms with Gasteiger partial charge >= 0.3 is 5.97 Å². The Morgan fingerprint density at radius 3 is 1.07 bits per heavy atom. The molecule has 13 rings (SSSR count). The summed E-state index contributed by atoms with van der Waals surface area (Å²) < 4.78 is 49.6. The van der Waals surface area contributed by atoms with Crippen LogP contribution in [0.15, 0.2) is 111 Å². The normalized spacial score (nSPS) is 27.2. The molecule has 9 fully saturated rings. The van der Waals surface area contributed by atoms with Gasteiger partial charge in [-0.1, -0.05) is 57.5 Å². The number of carbonyl (C=O) groups is 3. The number of amides is 2. The van der Waals surface area contributed by atoms with Crippen molar-refractivity contribution in [3.63, 3.8) is 0 Å². The van der Waals surface area contributed by atoms with E-state index in [1.54, 1.807) is 48.5 Å². The van der Waals surface area contributed by atoms with Gasteiger partial charge in [-0.15, -0.1) is 0 Å². The third kappa shape index (κ3) is 19.0. The number of carboxylic acids is 1. The highest BCUT2D eigenvalue weighted by Gasteiger charge is 2.40. The van der Waals surface area contributed by atoms with E-state index in [0.717, 1.165) is 83.9 Å². The van der Waals surface area contributed by atoms with Crippen LogP contribution in [0, 0.1) is 5.92 Å². The third-order valence-corrected chi connectivity index (χ3v) is 21.8. The molecule has 474 valence electrons. The van der Waals surface area contributed by atoms with Crippen LogP contribution in [-0.2, 0) is 19.1 Å². The van der Waals surface area contributed by atoms with Crippen LogP contribution in [0.4, 0.5) is 0 Å². The molecular formula is C68H92Br2N6O10S. The van der Waals surface area contributed by atoms with Crippen molar-refractivity contribution < 1.29 is 46.3 Å². The average Bonchev–Trinajstić information content (AvgIpc) is 3.11. The lowest BCUT2D eigenvalue weighted by atomic mass is 9.86. The molecule has 5 saturated heterocycles. The zero-order chi connectivity index (χ0) is 60.7. The second-order valence-corrected chi connectivity index (χ2v) is 28.9. The Labute approximate surface area is 533 Å². The average molecular weight is 1350 g/mol. The summed E-state index contributed by atoms with van der Waals surface area (Å²) >= 11 is 6.74. The quantitative estimate of drug-likeness (QED) is 0.101. The van der Waals surface area contributed by atoms with E-state index in [0.29, 0.717) is 67.4 Å². The summed E-state index contributed by atoms with van der Waals surface area (Å²) in [5.74, 6) is 1.38. The van der Waals surface area contributed by atoms with Crippen LogP contribution in [0.25, 0.3) is 0 Å². The van der Waals surface area contributed by atoms with Gasteiger partial charge in [-0.05, 0) is 226 Å². The van der Waals surface area contributed by atoms with Crippen molar-refractivity contribution in [2.75, 3.05) is 65.4 Å². The molecule has 87 heavy (non-hydrogen) atoms. The van der Waals surface area contributed by atoms with E-state index in [4.69, 9.17) is 29.2 Å². The maximum atomic E-state index is 12.7. The van der Waals surface area contributed by atoms with Gasteiger partial charge in [0.1, 0.15) is 35.6 Å². The molecule has 4 aliphatic carbocycles. The molecule has 0 radical (unpaired) electrons. The van der Waals surface area contributed by atoms with E-state index < -0.39 is 16.1 Å². The first-order valence-corrected chi connectivity index (χ1v) is 35.6. The molecule has 3 N–H and O–H groups in total. The molecule has 19 heteroatoms. The molecule has 5 heterocycles. The highest BCUT2D eigenvalue weighted by Crippen LogP contribution is 2.36. The molecule has 16 nitrogen and oxygen atoms in total. The van der Waals surface area contributed by atoms with Crippen LogP contribution < -0.4 is 19.9 Å². The van der Waals surface area contributed by atoms with Crippen molar-refractivity contribution in [1.29, 1.82) is 0 Å². The SMILES string of the molecule is Brc1ccc(OC2CC(N3CCCCC3)C2)cc1.NC(=O)C1CCN(C(=O)c2ccc(OC3CC(N4CCCCC4)C3)cc2)CC1.O=C(O)c1ccc(OC2CC(N3CCCCC3)C2)cc1.O=S(=O)(OC1CC(N2CCCCC2)C1)c1ccc(Br)cc1. The van der Waals surface area contributed by atoms with Crippen LogP contribution in [0.1, 0.15) is 162 Å². The lowest BCUT2D eigenvalue weighted by Gasteiger charge is -2.44. The van der Waals surface area contributed by atoms with Crippen molar-refractivity contribution in [2.24, 2.45) is 11.7 Å². The van der Waals surface area contributed by atoms with Gasteiger partial charge in [0.15, 0.2) is 0 Å². The minimum absolute atomic E-state index is 0.0169. The van der Waals surface area contributed by atoms with Gasteiger partial charge in [0.25, 0.3) is 16.0 Å². The molecule has 0 unspecified atom stereocenters. The number of carbonyl (C=O) groups excluding carboxylic acids is 2. The number of halogens is 2. The molecular weight excluding hydrogens is 1250 g/mol. The summed E-state index contributed by atoms with van der Waals surface area (Å²) in [6, 6.07) is 31.6. The lowest BCUT2D eigenvalue weighted by molar-refractivity contribution is -0.123. The monoisotopic (exact) mass is 1340 g/mol. The number of rotatable bonds is 16. The molecule has 5 aliphatic heterocycles. The summed E-state index contributed by atoms with van der Waals surface area (Å²) in [5.41, 5.74) is 6.34. The maximum absolute atomic E-state index is 12.7. The zero-order valence-corrected chi connectivity index (χ0v) is 54.6. The minimum Gasteiger partial charge on any atom is -0.490 e. The first-order chi connectivity index (χ1) is 42.2. The summed E-state index contributed by atoms with van der Waals surface area (Å²) in [5, 5.41) is 8.85. The zero-order valence-electron chi connectivity index (χ0n) is 50.7. The fourth-order valence-electron chi connectivity index (χ4n) is 13.7. The fourth-order valence-corrected chi connectivity index (χ4v) is 15.3. The summed E-state index contributed by atoms with van der Waals surface area (Å²) in [6.07, 6.45) is 26.7. The van der Waals surface area contributed by atoms with E-state index in [1.165, 1.54) is 129 Å².